The van der Waals surface area contributed by atoms with Crippen molar-refractivity contribution in [2.45, 2.75) is 12.3 Å². The molecule has 3 heteroatoms. The first-order chi connectivity index (χ1) is 8.69. The lowest BCUT2D eigenvalue weighted by atomic mass is 9.93. The minimum absolute atomic E-state index is 0.0455. The van der Waals surface area contributed by atoms with Crippen LogP contribution in [-0.4, -0.2) is 11.0 Å². The van der Waals surface area contributed by atoms with Crippen LogP contribution in [0.3, 0.4) is 0 Å². The van der Waals surface area contributed by atoms with Gasteiger partial charge in [0, 0.05) is 11.8 Å². The van der Waals surface area contributed by atoms with Gasteiger partial charge in [-0.05, 0) is 41.8 Å². The summed E-state index contributed by atoms with van der Waals surface area (Å²) in [5.74, 6) is 0.446. The summed E-state index contributed by atoms with van der Waals surface area (Å²) in [5, 5.41) is 9.42. The fourth-order valence-corrected chi connectivity index (χ4v) is 2.28. The van der Waals surface area contributed by atoms with E-state index in [0.717, 1.165) is 11.1 Å². The molecule has 0 bridgehead atoms. The Hall–Kier alpha value is -1.54. The Balaban J connectivity index is 2.19. The SMILES string of the molecule is Oc1cccc(CC(CCl)c2cccc(F)c2)c1. The number of hydrogen-bond donors (Lipinski definition) is 1. The van der Waals surface area contributed by atoms with Crippen LogP contribution in [0.1, 0.15) is 17.0 Å². The number of alkyl halides is 1. The van der Waals surface area contributed by atoms with Gasteiger partial charge in [-0.3, -0.25) is 0 Å². The Labute approximate surface area is 111 Å². The van der Waals surface area contributed by atoms with Crippen LogP contribution in [0.4, 0.5) is 4.39 Å². The highest BCUT2D eigenvalue weighted by atomic mass is 35.5. The molecule has 0 saturated heterocycles. The predicted octanol–water partition coefficient (Wildman–Crippen LogP) is 4.10. The van der Waals surface area contributed by atoms with E-state index in [1.807, 2.05) is 12.1 Å². The van der Waals surface area contributed by atoms with Crippen molar-refractivity contribution in [2.24, 2.45) is 0 Å². The first kappa shape index (κ1) is 12.9. The zero-order valence-corrected chi connectivity index (χ0v) is 10.6. The maximum absolute atomic E-state index is 13.2. The van der Waals surface area contributed by atoms with Crippen LogP contribution in [0.2, 0.25) is 0 Å². The number of aromatic hydroxyl groups is 1. The largest absolute Gasteiger partial charge is 0.508 e. The molecule has 0 amide bonds. The Morgan fingerprint density at radius 1 is 1.11 bits per heavy atom. The van der Waals surface area contributed by atoms with E-state index >= 15 is 0 Å². The minimum atomic E-state index is -0.251. The van der Waals surface area contributed by atoms with Crippen LogP contribution >= 0.6 is 11.6 Å². The molecule has 0 aliphatic heterocycles. The lowest BCUT2D eigenvalue weighted by Gasteiger charge is -2.14. The predicted molar refractivity (Wildman–Crippen MR) is 71.7 cm³/mol. The monoisotopic (exact) mass is 264 g/mol. The maximum atomic E-state index is 13.2. The standard InChI is InChI=1S/C15H14ClFO/c16-10-13(12-4-2-5-14(17)9-12)7-11-3-1-6-15(18)8-11/h1-6,8-9,13,18H,7,10H2. The molecule has 1 atom stereocenters. The van der Waals surface area contributed by atoms with E-state index in [0.29, 0.717) is 12.3 Å². The fraction of sp³-hybridized carbons (Fsp3) is 0.200. The van der Waals surface area contributed by atoms with Crippen molar-refractivity contribution in [3.63, 3.8) is 0 Å². The first-order valence-corrected chi connectivity index (χ1v) is 6.32. The van der Waals surface area contributed by atoms with E-state index < -0.39 is 0 Å². The molecule has 0 heterocycles. The van der Waals surface area contributed by atoms with Crippen LogP contribution in [0.5, 0.6) is 5.75 Å². The van der Waals surface area contributed by atoms with E-state index in [1.54, 1.807) is 24.3 Å². The summed E-state index contributed by atoms with van der Waals surface area (Å²) in [5.41, 5.74) is 1.87. The summed E-state index contributed by atoms with van der Waals surface area (Å²) in [6.07, 6.45) is 0.682. The minimum Gasteiger partial charge on any atom is -0.508 e. The average Bonchev–Trinajstić information content (AvgIpc) is 2.36. The molecule has 94 valence electrons. The zero-order valence-electron chi connectivity index (χ0n) is 9.81. The number of benzene rings is 2. The molecule has 2 aromatic carbocycles. The molecule has 0 spiro atoms. The number of halogens is 2. The van der Waals surface area contributed by atoms with Crippen molar-refractivity contribution < 1.29 is 9.50 Å². The molecule has 2 rings (SSSR count). The van der Waals surface area contributed by atoms with Gasteiger partial charge >= 0.3 is 0 Å². The van der Waals surface area contributed by atoms with Gasteiger partial charge in [-0.15, -0.1) is 11.6 Å². The molecule has 0 saturated carbocycles. The summed E-state index contributed by atoms with van der Waals surface area (Å²) in [6.45, 7) is 0. The molecule has 1 unspecified atom stereocenters. The van der Waals surface area contributed by atoms with Crippen LogP contribution in [0.25, 0.3) is 0 Å². The zero-order chi connectivity index (χ0) is 13.0. The second-order valence-electron chi connectivity index (χ2n) is 4.28. The summed E-state index contributed by atoms with van der Waals surface area (Å²) in [4.78, 5) is 0. The molecule has 0 aliphatic carbocycles. The normalized spacial score (nSPS) is 12.3. The van der Waals surface area contributed by atoms with Crippen molar-refractivity contribution in [2.75, 3.05) is 5.88 Å². The molecular formula is C15H14ClFO. The topological polar surface area (TPSA) is 20.2 Å². The number of phenolic OH excluding ortho intramolecular Hbond substituents is 1. The second-order valence-corrected chi connectivity index (χ2v) is 4.59. The van der Waals surface area contributed by atoms with Crippen molar-refractivity contribution >= 4 is 11.6 Å². The van der Waals surface area contributed by atoms with Gasteiger partial charge in [-0.1, -0.05) is 24.3 Å². The molecule has 18 heavy (non-hydrogen) atoms. The number of rotatable bonds is 4. The molecule has 0 aromatic heterocycles. The highest BCUT2D eigenvalue weighted by Crippen LogP contribution is 2.24. The van der Waals surface area contributed by atoms with Gasteiger partial charge in [0.2, 0.25) is 0 Å². The summed E-state index contributed by atoms with van der Waals surface area (Å²) in [7, 11) is 0. The smallest absolute Gasteiger partial charge is 0.123 e. The van der Waals surface area contributed by atoms with Gasteiger partial charge in [-0.2, -0.15) is 0 Å². The molecule has 0 radical (unpaired) electrons. The van der Waals surface area contributed by atoms with Crippen LogP contribution < -0.4 is 0 Å². The third-order valence-electron chi connectivity index (χ3n) is 2.90. The van der Waals surface area contributed by atoms with Gasteiger partial charge in [0.15, 0.2) is 0 Å². The lowest BCUT2D eigenvalue weighted by molar-refractivity contribution is 0.474. The molecular weight excluding hydrogens is 251 g/mol. The Morgan fingerprint density at radius 2 is 1.89 bits per heavy atom. The number of phenols is 1. The van der Waals surface area contributed by atoms with Gasteiger partial charge < -0.3 is 5.11 Å². The third-order valence-corrected chi connectivity index (χ3v) is 3.27. The highest BCUT2D eigenvalue weighted by molar-refractivity contribution is 6.18. The quantitative estimate of drug-likeness (QED) is 0.825. The van der Waals surface area contributed by atoms with Gasteiger partial charge in [0.1, 0.15) is 11.6 Å². The lowest BCUT2D eigenvalue weighted by Crippen LogP contribution is -2.05. The third kappa shape index (κ3) is 3.23. The Morgan fingerprint density at radius 3 is 2.56 bits per heavy atom. The van der Waals surface area contributed by atoms with Crippen LogP contribution in [0, 0.1) is 5.82 Å². The van der Waals surface area contributed by atoms with Crippen molar-refractivity contribution in [3.05, 3.63) is 65.5 Å². The van der Waals surface area contributed by atoms with Gasteiger partial charge in [0.05, 0.1) is 0 Å². The number of hydrogen-bond acceptors (Lipinski definition) is 1. The van der Waals surface area contributed by atoms with Gasteiger partial charge in [-0.25, -0.2) is 4.39 Å². The average molecular weight is 265 g/mol. The molecule has 2 aromatic rings. The van der Waals surface area contributed by atoms with Crippen molar-refractivity contribution in [1.29, 1.82) is 0 Å². The van der Waals surface area contributed by atoms with Crippen molar-refractivity contribution in [3.8, 4) is 5.75 Å². The second kappa shape index (κ2) is 5.87. The molecule has 0 fully saturated rings. The van der Waals surface area contributed by atoms with E-state index in [1.165, 1.54) is 12.1 Å². The van der Waals surface area contributed by atoms with E-state index in [9.17, 15) is 9.50 Å². The molecule has 1 nitrogen and oxygen atoms in total. The highest BCUT2D eigenvalue weighted by Gasteiger charge is 2.12. The summed E-state index contributed by atoms with van der Waals surface area (Å²) < 4.78 is 13.2. The molecule has 0 aliphatic rings. The van der Waals surface area contributed by atoms with E-state index in [-0.39, 0.29) is 17.5 Å². The summed E-state index contributed by atoms with van der Waals surface area (Å²) >= 11 is 5.96. The fourth-order valence-electron chi connectivity index (χ4n) is 1.99. The van der Waals surface area contributed by atoms with E-state index in [2.05, 4.69) is 0 Å². The van der Waals surface area contributed by atoms with Crippen LogP contribution in [0.15, 0.2) is 48.5 Å². The maximum Gasteiger partial charge on any atom is 0.123 e. The Kier molecular flexibility index (Phi) is 4.21. The van der Waals surface area contributed by atoms with Crippen molar-refractivity contribution in [1.82, 2.24) is 0 Å². The Bertz CT molecular complexity index is 527. The first-order valence-electron chi connectivity index (χ1n) is 5.78. The van der Waals surface area contributed by atoms with Gasteiger partial charge in [0.25, 0.3) is 0 Å². The summed E-state index contributed by atoms with van der Waals surface area (Å²) in [6, 6.07) is 13.5. The molecule has 1 N–H and O–H groups in total. The van der Waals surface area contributed by atoms with Crippen LogP contribution in [-0.2, 0) is 6.42 Å². The van der Waals surface area contributed by atoms with E-state index in [4.69, 9.17) is 11.6 Å².